The van der Waals surface area contributed by atoms with Crippen molar-refractivity contribution in [2.45, 2.75) is 12.5 Å². The fraction of sp³-hybridized carbons (Fsp3) is 0.267. The molecular weight excluding hydrogens is 274 g/mol. The topological polar surface area (TPSA) is 47.8 Å². The van der Waals surface area contributed by atoms with E-state index in [0.29, 0.717) is 6.61 Å². The van der Waals surface area contributed by atoms with Crippen molar-refractivity contribution in [1.29, 1.82) is 0 Å². The fourth-order valence-electron chi connectivity index (χ4n) is 2.04. The highest BCUT2D eigenvalue weighted by molar-refractivity contribution is 7.17. The van der Waals surface area contributed by atoms with Gasteiger partial charge in [-0.25, -0.2) is 0 Å². The molecule has 0 saturated carbocycles. The van der Waals surface area contributed by atoms with Crippen molar-refractivity contribution in [3.8, 4) is 17.0 Å². The van der Waals surface area contributed by atoms with Crippen LogP contribution in [0.1, 0.15) is 6.92 Å². The maximum absolute atomic E-state index is 5.79. The third-order valence-electron chi connectivity index (χ3n) is 3.37. The smallest absolute Gasteiger partial charge is 0.178 e. The Hall–Kier alpha value is -1.85. The first-order valence-electron chi connectivity index (χ1n) is 6.44. The predicted octanol–water partition coefficient (Wildman–Crippen LogP) is 3.72. The van der Waals surface area contributed by atoms with Gasteiger partial charge in [-0.3, -0.25) is 0 Å². The van der Waals surface area contributed by atoms with Crippen molar-refractivity contribution in [1.82, 2.24) is 5.16 Å². The zero-order valence-electron chi connectivity index (χ0n) is 11.0. The molecule has 0 aliphatic carbocycles. The second-order valence-electron chi connectivity index (χ2n) is 5.20. The monoisotopic (exact) mass is 287 g/mol. The van der Waals surface area contributed by atoms with Crippen LogP contribution in [0.25, 0.3) is 21.5 Å². The van der Waals surface area contributed by atoms with Crippen molar-refractivity contribution in [3.05, 3.63) is 35.7 Å². The van der Waals surface area contributed by atoms with Crippen LogP contribution < -0.4 is 4.74 Å². The number of nitrogens with zero attached hydrogens (tertiary/aromatic N) is 1. The molecule has 1 aliphatic heterocycles. The summed E-state index contributed by atoms with van der Waals surface area (Å²) < 4.78 is 17.5. The van der Waals surface area contributed by atoms with E-state index in [4.69, 9.17) is 14.0 Å². The van der Waals surface area contributed by atoms with E-state index in [1.165, 1.54) is 0 Å². The van der Waals surface area contributed by atoms with E-state index in [1.807, 2.05) is 42.6 Å². The second-order valence-corrected chi connectivity index (χ2v) is 6.12. The van der Waals surface area contributed by atoms with Gasteiger partial charge >= 0.3 is 0 Å². The maximum atomic E-state index is 5.79. The van der Waals surface area contributed by atoms with Crippen LogP contribution in [-0.2, 0) is 4.74 Å². The van der Waals surface area contributed by atoms with Crippen LogP contribution in [0.15, 0.2) is 40.2 Å². The summed E-state index contributed by atoms with van der Waals surface area (Å²) in [5.41, 5.74) is 2.60. The van der Waals surface area contributed by atoms with E-state index < -0.39 is 0 Å². The van der Waals surface area contributed by atoms with Crippen LogP contribution >= 0.6 is 11.3 Å². The number of ether oxygens (including phenoxy) is 2. The molecule has 20 heavy (non-hydrogen) atoms. The molecule has 0 N–H and O–H groups in total. The van der Waals surface area contributed by atoms with Crippen LogP contribution in [0.2, 0.25) is 0 Å². The molecule has 0 amide bonds. The van der Waals surface area contributed by atoms with Crippen molar-refractivity contribution >= 4 is 21.6 Å². The lowest BCUT2D eigenvalue weighted by Gasteiger charge is -2.09. The summed E-state index contributed by atoms with van der Waals surface area (Å²) >= 11 is 1.63. The highest BCUT2D eigenvalue weighted by Crippen LogP contribution is 2.34. The SMILES string of the molecule is CC1(COc2cccc(-c3noc4ccsc34)c2)CO1. The largest absolute Gasteiger partial charge is 0.490 e. The van der Waals surface area contributed by atoms with Crippen molar-refractivity contribution in [2.75, 3.05) is 13.2 Å². The molecule has 1 aromatic carbocycles. The quantitative estimate of drug-likeness (QED) is 0.686. The standard InChI is InChI=1S/C15H13NO3S/c1-15(9-18-15)8-17-11-4-2-3-10(7-11)13-14-12(19-16-13)5-6-20-14/h2-7H,8-9H2,1H3. The first-order valence-corrected chi connectivity index (χ1v) is 7.32. The second kappa shape index (κ2) is 4.33. The summed E-state index contributed by atoms with van der Waals surface area (Å²) in [5.74, 6) is 0.826. The Kier molecular flexibility index (Phi) is 2.58. The summed E-state index contributed by atoms with van der Waals surface area (Å²) in [6.07, 6.45) is 0. The van der Waals surface area contributed by atoms with Crippen LogP contribution in [0, 0.1) is 0 Å². The summed E-state index contributed by atoms with van der Waals surface area (Å²) in [7, 11) is 0. The molecule has 2 aromatic heterocycles. The fourth-order valence-corrected chi connectivity index (χ4v) is 2.85. The van der Waals surface area contributed by atoms with Gasteiger partial charge in [0.05, 0.1) is 6.61 Å². The number of hydrogen-bond acceptors (Lipinski definition) is 5. The van der Waals surface area contributed by atoms with Gasteiger partial charge in [0.1, 0.15) is 28.4 Å². The number of aromatic nitrogens is 1. The number of fused-ring (bicyclic) bond motifs is 1. The molecule has 4 rings (SSSR count). The molecule has 0 bridgehead atoms. The minimum atomic E-state index is -0.106. The predicted molar refractivity (Wildman–Crippen MR) is 77.2 cm³/mol. The molecule has 0 spiro atoms. The Labute approximate surface area is 119 Å². The molecule has 102 valence electrons. The van der Waals surface area contributed by atoms with Crippen molar-refractivity contribution in [3.63, 3.8) is 0 Å². The summed E-state index contributed by atoms with van der Waals surface area (Å²) in [5, 5.41) is 6.15. The van der Waals surface area contributed by atoms with Gasteiger partial charge in [0.15, 0.2) is 5.58 Å². The van der Waals surface area contributed by atoms with Crippen molar-refractivity contribution < 1.29 is 14.0 Å². The van der Waals surface area contributed by atoms with Gasteiger partial charge in [0, 0.05) is 5.56 Å². The average molecular weight is 287 g/mol. The van der Waals surface area contributed by atoms with Gasteiger partial charge in [-0.15, -0.1) is 11.3 Å². The lowest BCUT2D eigenvalue weighted by Crippen LogP contribution is -2.16. The van der Waals surface area contributed by atoms with Gasteiger partial charge < -0.3 is 14.0 Å². The maximum Gasteiger partial charge on any atom is 0.178 e. The molecule has 0 radical (unpaired) electrons. The van der Waals surface area contributed by atoms with E-state index in [0.717, 1.165) is 33.9 Å². The first kappa shape index (κ1) is 11.9. The lowest BCUT2D eigenvalue weighted by molar-refractivity contribution is 0.202. The minimum absolute atomic E-state index is 0.106. The minimum Gasteiger partial charge on any atom is -0.490 e. The Morgan fingerprint density at radius 3 is 3.15 bits per heavy atom. The van der Waals surface area contributed by atoms with Gasteiger partial charge in [0.25, 0.3) is 0 Å². The normalized spacial score (nSPS) is 21.2. The first-order chi connectivity index (χ1) is 9.73. The third kappa shape index (κ3) is 2.09. The van der Waals surface area contributed by atoms with E-state index in [9.17, 15) is 0 Å². The molecule has 1 atom stereocenters. The molecule has 3 aromatic rings. The number of hydrogen-bond donors (Lipinski definition) is 0. The highest BCUT2D eigenvalue weighted by atomic mass is 32.1. The average Bonchev–Trinajstić information content (AvgIpc) is 2.89. The number of epoxide rings is 1. The molecule has 3 heterocycles. The zero-order chi connectivity index (χ0) is 13.6. The summed E-state index contributed by atoms with van der Waals surface area (Å²) in [4.78, 5) is 0. The van der Waals surface area contributed by atoms with Gasteiger partial charge in [-0.05, 0) is 30.5 Å². The molecule has 1 fully saturated rings. The summed E-state index contributed by atoms with van der Waals surface area (Å²) in [6, 6.07) is 9.85. The van der Waals surface area contributed by atoms with Gasteiger partial charge in [-0.2, -0.15) is 0 Å². The Balaban J connectivity index is 1.63. The Morgan fingerprint density at radius 1 is 1.40 bits per heavy atom. The highest BCUT2D eigenvalue weighted by Gasteiger charge is 2.40. The molecule has 5 heteroatoms. The molecule has 1 saturated heterocycles. The summed E-state index contributed by atoms with van der Waals surface area (Å²) in [6.45, 7) is 3.39. The van der Waals surface area contributed by atoms with Crippen LogP contribution in [0.3, 0.4) is 0 Å². The number of thiophene rings is 1. The lowest BCUT2D eigenvalue weighted by atomic mass is 10.1. The van der Waals surface area contributed by atoms with Crippen LogP contribution in [0.4, 0.5) is 0 Å². The third-order valence-corrected chi connectivity index (χ3v) is 4.27. The van der Waals surface area contributed by atoms with Crippen LogP contribution in [0.5, 0.6) is 5.75 Å². The van der Waals surface area contributed by atoms with E-state index in [1.54, 1.807) is 11.3 Å². The number of rotatable bonds is 4. The van der Waals surface area contributed by atoms with E-state index in [2.05, 4.69) is 5.16 Å². The molecular formula is C15H13NO3S. The van der Waals surface area contributed by atoms with Gasteiger partial charge in [-0.1, -0.05) is 17.3 Å². The van der Waals surface area contributed by atoms with Crippen LogP contribution in [-0.4, -0.2) is 24.0 Å². The van der Waals surface area contributed by atoms with E-state index in [-0.39, 0.29) is 5.60 Å². The molecule has 1 unspecified atom stereocenters. The molecule has 1 aliphatic rings. The number of benzene rings is 1. The zero-order valence-corrected chi connectivity index (χ0v) is 11.8. The van der Waals surface area contributed by atoms with E-state index >= 15 is 0 Å². The Morgan fingerprint density at radius 2 is 2.30 bits per heavy atom. The molecule has 4 nitrogen and oxygen atoms in total. The van der Waals surface area contributed by atoms with Crippen molar-refractivity contribution in [2.24, 2.45) is 0 Å². The van der Waals surface area contributed by atoms with Gasteiger partial charge in [0.2, 0.25) is 0 Å². The Bertz CT molecular complexity index is 757.